The summed E-state index contributed by atoms with van der Waals surface area (Å²) in [7, 11) is 0. The van der Waals surface area contributed by atoms with Gasteiger partial charge in [-0.05, 0) is 37.1 Å². The van der Waals surface area contributed by atoms with Crippen LogP contribution in [-0.4, -0.2) is 17.6 Å². The van der Waals surface area contributed by atoms with E-state index >= 15 is 0 Å². The Kier molecular flexibility index (Phi) is 4.45. The van der Waals surface area contributed by atoms with E-state index in [0.717, 1.165) is 24.2 Å². The smallest absolute Gasteiger partial charge is 0.334 e. The van der Waals surface area contributed by atoms with Gasteiger partial charge in [-0.2, -0.15) is 0 Å². The summed E-state index contributed by atoms with van der Waals surface area (Å²) in [6.45, 7) is 4.68. The van der Waals surface area contributed by atoms with Crippen LogP contribution in [0.1, 0.15) is 29.8 Å². The molecule has 17 heavy (non-hydrogen) atoms. The first-order valence-electron chi connectivity index (χ1n) is 5.32. The molecule has 0 saturated carbocycles. The topological polar surface area (TPSA) is 81.5 Å². The van der Waals surface area contributed by atoms with Crippen molar-refractivity contribution in [1.82, 2.24) is 0 Å². The van der Waals surface area contributed by atoms with Gasteiger partial charge in [-0.15, -0.1) is 10.1 Å². The van der Waals surface area contributed by atoms with E-state index in [4.69, 9.17) is 0 Å². The van der Waals surface area contributed by atoms with Crippen LogP contribution in [0.25, 0.3) is 0 Å². The molecule has 0 spiro atoms. The van der Waals surface area contributed by atoms with E-state index in [9.17, 15) is 14.9 Å². The summed E-state index contributed by atoms with van der Waals surface area (Å²) >= 11 is 0. The minimum Gasteiger partial charge on any atom is -0.385 e. The van der Waals surface area contributed by atoms with Gasteiger partial charge in [0.05, 0.1) is 0 Å². The molecule has 0 aliphatic heterocycles. The Labute approximate surface area is 98.7 Å². The number of aryl methyl sites for hydroxylation is 1. The molecule has 1 N–H and O–H groups in total. The highest BCUT2D eigenvalue weighted by molar-refractivity contribution is 5.89. The maximum Gasteiger partial charge on any atom is 0.334 e. The second-order valence-electron chi connectivity index (χ2n) is 3.36. The molecule has 0 fully saturated rings. The molecule has 0 atom stereocenters. The van der Waals surface area contributed by atoms with Gasteiger partial charge < -0.3 is 5.32 Å². The summed E-state index contributed by atoms with van der Waals surface area (Å²) in [5.74, 6) is -0.951. The van der Waals surface area contributed by atoms with Crippen molar-refractivity contribution in [1.29, 1.82) is 0 Å². The zero-order valence-corrected chi connectivity index (χ0v) is 9.73. The molecule has 0 amide bonds. The summed E-state index contributed by atoms with van der Waals surface area (Å²) in [5.41, 5.74) is 2.03. The average molecular weight is 238 g/mol. The Morgan fingerprint density at radius 3 is 2.71 bits per heavy atom. The van der Waals surface area contributed by atoms with Gasteiger partial charge in [-0.3, -0.25) is 4.79 Å². The molecule has 1 rings (SSSR count). The van der Waals surface area contributed by atoms with E-state index in [2.05, 4.69) is 10.2 Å². The molecule has 0 bridgehead atoms. The molecule has 92 valence electrons. The third-order valence-electron chi connectivity index (χ3n) is 2.25. The zero-order valence-electron chi connectivity index (χ0n) is 9.73. The quantitative estimate of drug-likeness (QED) is 0.627. The molecule has 0 unspecified atom stereocenters. The van der Waals surface area contributed by atoms with Crippen LogP contribution in [0.3, 0.4) is 0 Å². The predicted molar refractivity (Wildman–Crippen MR) is 62.4 cm³/mol. The minimum absolute atomic E-state index is 0.181. The van der Waals surface area contributed by atoms with Crippen LogP contribution in [0.15, 0.2) is 18.2 Å². The molecule has 0 aliphatic carbocycles. The van der Waals surface area contributed by atoms with Crippen LogP contribution >= 0.6 is 0 Å². The predicted octanol–water partition coefficient (Wildman–Crippen LogP) is 2.03. The number of hydrogen-bond donors (Lipinski definition) is 1. The summed E-state index contributed by atoms with van der Waals surface area (Å²) in [5, 5.41) is 12.1. The summed E-state index contributed by atoms with van der Waals surface area (Å²) in [6.07, 6.45) is 0.724. The largest absolute Gasteiger partial charge is 0.385 e. The lowest BCUT2D eigenvalue weighted by atomic mass is 10.1. The van der Waals surface area contributed by atoms with E-state index in [1.807, 2.05) is 13.8 Å². The van der Waals surface area contributed by atoms with E-state index < -0.39 is 11.1 Å². The zero-order chi connectivity index (χ0) is 12.8. The number of carbonyl (C=O) groups is 1. The van der Waals surface area contributed by atoms with Crippen molar-refractivity contribution in [3.8, 4) is 0 Å². The highest BCUT2D eigenvalue weighted by Crippen LogP contribution is 2.18. The Hall–Kier alpha value is -2.11. The molecule has 0 heterocycles. The highest BCUT2D eigenvalue weighted by Gasteiger charge is 2.12. The highest BCUT2D eigenvalue weighted by atomic mass is 17.0. The van der Waals surface area contributed by atoms with Gasteiger partial charge in [-0.1, -0.05) is 6.92 Å². The molecule has 0 radical (unpaired) electrons. The van der Waals surface area contributed by atoms with Crippen molar-refractivity contribution in [3.05, 3.63) is 39.4 Å². The SMILES string of the molecule is CCNc1ccc(C(=O)O[N+](=O)[O-])cc1CC. The summed E-state index contributed by atoms with van der Waals surface area (Å²) in [4.78, 5) is 25.3. The van der Waals surface area contributed by atoms with E-state index in [-0.39, 0.29) is 5.56 Å². The normalized spacial score (nSPS) is 9.76. The number of rotatable bonds is 5. The fraction of sp³-hybridized carbons (Fsp3) is 0.364. The van der Waals surface area contributed by atoms with Crippen molar-refractivity contribution in [2.75, 3.05) is 11.9 Å². The maximum atomic E-state index is 11.3. The van der Waals surface area contributed by atoms with Crippen molar-refractivity contribution in [3.63, 3.8) is 0 Å². The van der Waals surface area contributed by atoms with E-state index in [1.165, 1.54) is 6.07 Å². The third-order valence-corrected chi connectivity index (χ3v) is 2.25. The average Bonchev–Trinajstić information content (AvgIpc) is 2.29. The second-order valence-corrected chi connectivity index (χ2v) is 3.36. The molecule has 0 saturated heterocycles. The lowest BCUT2D eigenvalue weighted by Crippen LogP contribution is -2.11. The molecule has 6 heteroatoms. The fourth-order valence-corrected chi connectivity index (χ4v) is 1.50. The van der Waals surface area contributed by atoms with Crippen LogP contribution in [0.2, 0.25) is 0 Å². The first-order chi connectivity index (χ1) is 8.08. The maximum absolute atomic E-state index is 11.3. The van der Waals surface area contributed by atoms with Gasteiger partial charge >= 0.3 is 11.1 Å². The second kappa shape index (κ2) is 5.83. The third kappa shape index (κ3) is 3.44. The standard InChI is InChI=1S/C11H14N2O4/c1-3-8-7-9(11(14)17-13(15)16)5-6-10(8)12-4-2/h5-7,12H,3-4H2,1-2H3. The fourth-order valence-electron chi connectivity index (χ4n) is 1.50. The Morgan fingerprint density at radius 1 is 1.47 bits per heavy atom. The summed E-state index contributed by atoms with van der Waals surface area (Å²) in [6, 6.07) is 4.83. The van der Waals surface area contributed by atoms with Gasteiger partial charge in [0.1, 0.15) is 0 Å². The van der Waals surface area contributed by atoms with Crippen molar-refractivity contribution < 1.29 is 14.7 Å². The first-order valence-corrected chi connectivity index (χ1v) is 5.32. The molecular formula is C11H14N2O4. The number of carbonyl (C=O) groups excluding carboxylic acids is 1. The van der Waals surface area contributed by atoms with Gasteiger partial charge in [0.15, 0.2) is 0 Å². The number of nitrogens with one attached hydrogen (secondary N) is 1. The Bertz CT molecular complexity index is 431. The number of anilines is 1. The molecule has 0 aromatic heterocycles. The minimum atomic E-state index is -1.11. The van der Waals surface area contributed by atoms with Gasteiger partial charge in [-0.25, -0.2) is 4.84 Å². The number of benzene rings is 1. The van der Waals surface area contributed by atoms with Crippen molar-refractivity contribution in [2.24, 2.45) is 0 Å². The molecule has 1 aromatic carbocycles. The van der Waals surface area contributed by atoms with Gasteiger partial charge in [0.25, 0.3) is 0 Å². The van der Waals surface area contributed by atoms with Crippen molar-refractivity contribution >= 4 is 11.7 Å². The van der Waals surface area contributed by atoms with Gasteiger partial charge in [0, 0.05) is 17.8 Å². The Morgan fingerprint density at radius 2 is 2.18 bits per heavy atom. The van der Waals surface area contributed by atoms with Crippen LogP contribution in [0, 0.1) is 10.1 Å². The lowest BCUT2D eigenvalue weighted by Gasteiger charge is -2.10. The van der Waals surface area contributed by atoms with Crippen LogP contribution < -0.4 is 5.32 Å². The van der Waals surface area contributed by atoms with Crippen LogP contribution in [0.4, 0.5) is 5.69 Å². The van der Waals surface area contributed by atoms with E-state index in [0.29, 0.717) is 0 Å². The van der Waals surface area contributed by atoms with E-state index in [1.54, 1.807) is 12.1 Å². The first kappa shape index (κ1) is 13.0. The molecule has 0 aliphatic rings. The van der Waals surface area contributed by atoms with Crippen LogP contribution in [0.5, 0.6) is 0 Å². The number of nitrogens with zero attached hydrogens (tertiary/aromatic N) is 1. The number of hydrogen-bond acceptors (Lipinski definition) is 5. The Balaban J connectivity index is 2.96. The van der Waals surface area contributed by atoms with Crippen molar-refractivity contribution in [2.45, 2.75) is 20.3 Å². The molecule has 1 aromatic rings. The lowest BCUT2D eigenvalue weighted by molar-refractivity contribution is -0.727. The van der Waals surface area contributed by atoms with Gasteiger partial charge in [0.2, 0.25) is 0 Å². The monoisotopic (exact) mass is 238 g/mol. The molecule has 6 nitrogen and oxygen atoms in total. The molecular weight excluding hydrogens is 224 g/mol. The summed E-state index contributed by atoms with van der Waals surface area (Å²) < 4.78 is 0. The van der Waals surface area contributed by atoms with Crippen LogP contribution in [-0.2, 0) is 11.3 Å².